The molecule has 1 rings (SSSR count). The van der Waals surface area contributed by atoms with Crippen LogP contribution >= 0.6 is 0 Å². The number of amides is 1. The number of halogens is 5. The van der Waals surface area contributed by atoms with Crippen LogP contribution in [0.2, 0.25) is 0 Å². The number of rotatable bonds is 9. The molecule has 1 amide bonds. The molecule has 1 unspecified atom stereocenters. The number of hydrogen-bond donors (Lipinski definition) is 1. The van der Waals surface area contributed by atoms with Gasteiger partial charge in [-0.25, -0.2) is 13.2 Å². The Morgan fingerprint density at radius 1 is 1.14 bits per heavy atom. The van der Waals surface area contributed by atoms with Crippen molar-refractivity contribution >= 4 is 22.0 Å². The number of esters is 1. The molecule has 0 spiro atoms. The molecule has 29 heavy (non-hydrogen) atoms. The molecule has 14 heteroatoms. The first-order valence-electron chi connectivity index (χ1n) is 7.38. The second-order valence-corrected chi connectivity index (χ2v) is 6.79. The zero-order valence-electron chi connectivity index (χ0n) is 14.2. The molecule has 1 atom stereocenters. The summed E-state index contributed by atoms with van der Waals surface area (Å²) in [4.78, 5) is 23.5. The van der Waals surface area contributed by atoms with Gasteiger partial charge >= 0.3 is 29.1 Å². The Labute approximate surface area is 161 Å². The first kappa shape index (κ1) is 24.5. The summed E-state index contributed by atoms with van der Waals surface area (Å²) in [7, 11) is -6.45. The van der Waals surface area contributed by atoms with Crippen LogP contribution in [-0.4, -0.2) is 48.7 Å². The monoisotopic (exact) mass is 446 g/mol. The molecular weight excluding hydrogens is 433 g/mol. The van der Waals surface area contributed by atoms with Crippen LogP contribution in [0.1, 0.15) is 5.56 Å². The number of benzene rings is 1. The number of carbonyl (C=O) groups excluding carboxylic acids is 2. The summed E-state index contributed by atoms with van der Waals surface area (Å²) < 4.78 is 106. The van der Waals surface area contributed by atoms with Crippen molar-refractivity contribution in [1.82, 2.24) is 5.32 Å². The minimum atomic E-state index is -6.45. The molecule has 1 N–H and O–H groups in total. The van der Waals surface area contributed by atoms with Crippen LogP contribution in [0.25, 0.3) is 0 Å². The van der Waals surface area contributed by atoms with E-state index < -0.39 is 52.4 Å². The molecule has 0 aliphatic carbocycles. The highest BCUT2D eigenvalue weighted by atomic mass is 32.2. The van der Waals surface area contributed by atoms with E-state index in [1.54, 1.807) is 11.4 Å². The second-order valence-electron chi connectivity index (χ2n) is 5.29. The zero-order chi connectivity index (χ0) is 22.5. The van der Waals surface area contributed by atoms with Gasteiger partial charge in [0.2, 0.25) is 0 Å². The van der Waals surface area contributed by atoms with Gasteiger partial charge in [0.25, 0.3) is 0 Å². The summed E-state index contributed by atoms with van der Waals surface area (Å²) >= 11 is 0. The largest absolute Gasteiger partial charge is 0.743 e. The van der Waals surface area contributed by atoms with Crippen molar-refractivity contribution in [3.8, 4) is 0 Å². The van der Waals surface area contributed by atoms with Gasteiger partial charge in [-0.2, -0.15) is 22.0 Å². The summed E-state index contributed by atoms with van der Waals surface area (Å²) in [6, 6.07) is 7.30. The minimum Gasteiger partial charge on any atom is -0.743 e. The lowest BCUT2D eigenvalue weighted by atomic mass is 10.2. The Morgan fingerprint density at radius 2 is 1.69 bits per heavy atom. The van der Waals surface area contributed by atoms with E-state index in [0.717, 1.165) is 0 Å². The maximum Gasteiger partial charge on any atom is 0.466 e. The third kappa shape index (κ3) is 5.95. The lowest BCUT2D eigenvalue weighted by Crippen LogP contribution is -2.62. The fourth-order valence-corrected chi connectivity index (χ4v) is 1.95. The smallest absolute Gasteiger partial charge is 0.466 e. The minimum absolute atomic E-state index is 0.177. The molecule has 0 saturated heterocycles. The fourth-order valence-electron chi connectivity index (χ4n) is 1.75. The third-order valence-electron chi connectivity index (χ3n) is 3.19. The van der Waals surface area contributed by atoms with Crippen molar-refractivity contribution in [2.24, 2.45) is 0 Å². The van der Waals surface area contributed by atoms with Gasteiger partial charge in [-0.1, -0.05) is 36.9 Å². The first-order chi connectivity index (χ1) is 13.2. The summed E-state index contributed by atoms with van der Waals surface area (Å²) in [5.41, 5.74) is 0.277. The highest BCUT2D eigenvalue weighted by Crippen LogP contribution is 2.37. The Hall–Kier alpha value is -2.58. The first-order valence-corrected chi connectivity index (χ1v) is 8.78. The van der Waals surface area contributed by atoms with Crippen molar-refractivity contribution in [3.05, 3.63) is 48.6 Å². The molecule has 8 nitrogen and oxygen atoms in total. The Kier molecular flexibility index (Phi) is 7.45. The van der Waals surface area contributed by atoms with Crippen LogP contribution in [0.5, 0.6) is 0 Å². The quantitative estimate of drug-likeness (QED) is 0.200. The van der Waals surface area contributed by atoms with Gasteiger partial charge in [0.15, 0.2) is 10.1 Å². The second kappa shape index (κ2) is 8.84. The van der Waals surface area contributed by atoms with E-state index in [1.807, 2.05) is 0 Å². The van der Waals surface area contributed by atoms with E-state index in [0.29, 0.717) is 0 Å². The van der Waals surface area contributed by atoms with Gasteiger partial charge in [-0.15, -0.1) is 0 Å². The van der Waals surface area contributed by atoms with Gasteiger partial charge in [0.1, 0.15) is 6.61 Å². The number of alkyl halides is 5. The average Bonchev–Trinajstić information content (AvgIpc) is 2.61. The summed E-state index contributed by atoms with van der Waals surface area (Å²) in [5.74, 6) is -8.82. The molecule has 0 aliphatic rings. The highest BCUT2D eigenvalue weighted by molar-refractivity contribution is 7.86. The molecule has 1 aromatic carbocycles. The van der Waals surface area contributed by atoms with Crippen LogP contribution in [0.3, 0.4) is 0 Å². The van der Waals surface area contributed by atoms with E-state index in [1.165, 1.54) is 24.3 Å². The Balaban J connectivity index is 3.27. The highest BCUT2D eigenvalue weighted by Gasteiger charge is 2.67. The maximum atomic E-state index is 13.6. The van der Waals surface area contributed by atoms with Crippen LogP contribution < -0.4 is 5.32 Å². The molecule has 0 aliphatic heterocycles. The van der Waals surface area contributed by atoms with E-state index in [4.69, 9.17) is 0 Å². The van der Waals surface area contributed by atoms with Crippen molar-refractivity contribution in [2.75, 3.05) is 6.61 Å². The van der Waals surface area contributed by atoms with Gasteiger partial charge in [-0.3, -0.25) is 4.79 Å². The van der Waals surface area contributed by atoms with Crippen molar-refractivity contribution in [3.63, 3.8) is 0 Å². The molecule has 0 fully saturated rings. The summed E-state index contributed by atoms with van der Waals surface area (Å²) in [6.07, 6.45) is -5.77. The molecule has 0 aromatic heterocycles. The van der Waals surface area contributed by atoms with Crippen molar-refractivity contribution in [2.45, 2.75) is 23.8 Å². The SMILES string of the molecule is C=CC(=O)OC(OCC(F)(F)S(=O)(=O)[O-])(C(=O)NCc1ccccc1)C(F)(F)F. The zero-order valence-corrected chi connectivity index (χ0v) is 15.1. The van der Waals surface area contributed by atoms with Crippen LogP contribution in [-0.2, 0) is 35.7 Å². The van der Waals surface area contributed by atoms with E-state index in [2.05, 4.69) is 16.1 Å². The predicted octanol–water partition coefficient (Wildman–Crippen LogP) is 1.45. The Bertz CT molecular complexity index is 858. The summed E-state index contributed by atoms with van der Waals surface area (Å²) in [6.45, 7) is -0.483. The van der Waals surface area contributed by atoms with Gasteiger partial charge in [-0.05, 0) is 5.56 Å². The number of ether oxygens (including phenoxy) is 2. The molecule has 0 heterocycles. The average molecular weight is 446 g/mol. The molecular formula is C15H13F5NO7S-. The fraction of sp³-hybridized carbons (Fsp3) is 0.333. The molecule has 162 valence electrons. The lowest BCUT2D eigenvalue weighted by Gasteiger charge is -2.34. The third-order valence-corrected chi connectivity index (χ3v) is 4.04. The van der Waals surface area contributed by atoms with Crippen molar-refractivity contribution in [1.29, 1.82) is 0 Å². The van der Waals surface area contributed by atoms with Crippen molar-refractivity contribution < 1.29 is 54.0 Å². The van der Waals surface area contributed by atoms with E-state index in [9.17, 15) is 44.5 Å². The molecule has 0 bridgehead atoms. The van der Waals surface area contributed by atoms with Crippen LogP contribution in [0.15, 0.2) is 43.0 Å². The van der Waals surface area contributed by atoms with Gasteiger partial charge in [0, 0.05) is 12.6 Å². The van der Waals surface area contributed by atoms with Crippen LogP contribution in [0, 0.1) is 0 Å². The predicted molar refractivity (Wildman–Crippen MR) is 84.0 cm³/mol. The lowest BCUT2D eigenvalue weighted by molar-refractivity contribution is -0.352. The normalized spacial score (nSPS) is 14.6. The topological polar surface area (TPSA) is 122 Å². The number of hydrogen-bond acceptors (Lipinski definition) is 7. The van der Waals surface area contributed by atoms with E-state index in [-0.39, 0.29) is 11.6 Å². The van der Waals surface area contributed by atoms with Gasteiger partial charge < -0.3 is 19.3 Å². The molecule has 0 radical (unpaired) electrons. The van der Waals surface area contributed by atoms with E-state index >= 15 is 0 Å². The number of carbonyl (C=O) groups is 2. The standard InChI is InChI=1S/C15H14F5NO7S/c1-2-11(22)28-14(15(18,19)20,27-9-13(16,17)29(24,25)26)12(23)21-8-10-6-4-3-5-7-10/h2-7H,1,8-9H2,(H,21,23)(H,24,25,26)/p-1. The number of nitrogens with one attached hydrogen (secondary N) is 1. The summed E-state index contributed by atoms with van der Waals surface area (Å²) in [5, 5.41) is -3.67. The van der Waals surface area contributed by atoms with Gasteiger partial charge in [0.05, 0.1) is 0 Å². The molecule has 0 saturated carbocycles. The Morgan fingerprint density at radius 3 is 2.14 bits per heavy atom. The maximum absolute atomic E-state index is 13.6. The van der Waals surface area contributed by atoms with Crippen LogP contribution in [0.4, 0.5) is 22.0 Å². The molecule has 1 aromatic rings.